The summed E-state index contributed by atoms with van der Waals surface area (Å²) >= 11 is 0. The van der Waals surface area contributed by atoms with Gasteiger partial charge in [0.15, 0.2) is 6.10 Å². The fourth-order valence-electron chi connectivity index (χ4n) is 8.57. The number of rotatable bonds is 12. The Morgan fingerprint density at radius 3 is 1.79 bits per heavy atom. The minimum absolute atomic E-state index is 0.110. The predicted molar refractivity (Wildman–Crippen MR) is 171 cm³/mol. The smallest absolute Gasteiger partial charge is 0.306 e. The zero-order chi connectivity index (χ0) is 35.4. The molecule has 0 spiro atoms. The third-order valence-electron chi connectivity index (χ3n) is 10.6. The normalized spacial score (nSPS) is 36.3. The Bertz CT molecular complexity index is 1210. The van der Waals surface area contributed by atoms with Gasteiger partial charge in [0.25, 0.3) is 0 Å². The molecular formula is C36H56O11. The lowest BCUT2D eigenvalue weighted by Crippen LogP contribution is -2.63. The molecule has 11 heteroatoms. The first-order valence-electron chi connectivity index (χ1n) is 17.3. The van der Waals surface area contributed by atoms with Crippen molar-refractivity contribution in [2.45, 2.75) is 151 Å². The Hall–Kier alpha value is -2.95. The number of ether oxygens (including phenoxy) is 5. The van der Waals surface area contributed by atoms with Crippen LogP contribution in [0.15, 0.2) is 11.6 Å². The number of hydrogen-bond acceptors (Lipinski definition) is 11. The molecule has 0 aromatic heterocycles. The van der Waals surface area contributed by atoms with Gasteiger partial charge in [0, 0.05) is 49.9 Å². The first-order chi connectivity index (χ1) is 22.0. The van der Waals surface area contributed by atoms with Gasteiger partial charge in [0.2, 0.25) is 0 Å². The van der Waals surface area contributed by atoms with Gasteiger partial charge in [0.05, 0.1) is 0 Å². The van der Waals surface area contributed by atoms with Crippen LogP contribution in [0.4, 0.5) is 0 Å². The van der Waals surface area contributed by atoms with Crippen molar-refractivity contribution in [2.75, 3.05) is 0 Å². The van der Waals surface area contributed by atoms with Gasteiger partial charge >= 0.3 is 29.8 Å². The number of aliphatic hydroxyl groups is 1. The highest BCUT2D eigenvalue weighted by molar-refractivity contribution is 5.71. The third kappa shape index (κ3) is 7.70. The Kier molecular flexibility index (Phi) is 12.7. The maximum absolute atomic E-state index is 13.3. The molecule has 0 aromatic rings. The Labute approximate surface area is 279 Å². The van der Waals surface area contributed by atoms with Gasteiger partial charge in [-0.05, 0) is 55.9 Å². The molecule has 3 rings (SSSR count). The van der Waals surface area contributed by atoms with Crippen molar-refractivity contribution in [1.29, 1.82) is 0 Å². The number of hydrogen-bond donors (Lipinski definition) is 1. The predicted octanol–water partition coefficient (Wildman–Crippen LogP) is 5.24. The number of allylic oxidation sites excluding steroid dienone is 1. The van der Waals surface area contributed by atoms with Gasteiger partial charge in [-0.1, -0.05) is 54.5 Å². The minimum atomic E-state index is -1.30. The topological polar surface area (TPSA) is 152 Å². The van der Waals surface area contributed by atoms with E-state index in [1.54, 1.807) is 6.92 Å². The highest BCUT2D eigenvalue weighted by Crippen LogP contribution is 2.67. The second kappa shape index (κ2) is 15.5. The Morgan fingerprint density at radius 1 is 0.787 bits per heavy atom. The summed E-state index contributed by atoms with van der Waals surface area (Å²) in [5, 5.41) is 11.6. The highest BCUT2D eigenvalue weighted by atomic mass is 16.6. The van der Waals surface area contributed by atoms with Crippen molar-refractivity contribution < 1.29 is 52.8 Å². The van der Waals surface area contributed by atoms with Gasteiger partial charge < -0.3 is 28.8 Å². The second-order valence-electron chi connectivity index (χ2n) is 14.5. The van der Waals surface area contributed by atoms with Crippen LogP contribution in [0.3, 0.4) is 0 Å². The van der Waals surface area contributed by atoms with Crippen LogP contribution in [0.2, 0.25) is 0 Å². The van der Waals surface area contributed by atoms with Crippen molar-refractivity contribution in [3.63, 3.8) is 0 Å². The molecule has 5 unspecified atom stereocenters. The van der Waals surface area contributed by atoms with Crippen LogP contribution in [0, 0.1) is 34.5 Å². The molecule has 266 valence electrons. The first kappa shape index (κ1) is 38.5. The third-order valence-corrected chi connectivity index (χ3v) is 10.6. The van der Waals surface area contributed by atoms with Crippen LogP contribution in [0.25, 0.3) is 0 Å². The molecule has 11 nitrogen and oxygen atoms in total. The number of esters is 5. The van der Waals surface area contributed by atoms with Crippen LogP contribution in [0.1, 0.15) is 114 Å². The number of carbonyl (C=O) groups is 5. The lowest BCUT2D eigenvalue weighted by molar-refractivity contribution is -0.226. The average Bonchev–Trinajstić information content (AvgIpc) is 3.16. The summed E-state index contributed by atoms with van der Waals surface area (Å²) in [5.74, 6) is -4.04. The monoisotopic (exact) mass is 664 g/mol. The summed E-state index contributed by atoms with van der Waals surface area (Å²) in [5.41, 5.74) is -1.60. The summed E-state index contributed by atoms with van der Waals surface area (Å²) in [6, 6.07) is 0. The van der Waals surface area contributed by atoms with E-state index < -0.39 is 95.1 Å². The van der Waals surface area contributed by atoms with E-state index in [-0.39, 0.29) is 31.6 Å². The molecular weight excluding hydrogens is 608 g/mol. The van der Waals surface area contributed by atoms with Crippen molar-refractivity contribution in [1.82, 2.24) is 0 Å². The molecule has 3 aliphatic carbocycles. The molecule has 2 saturated carbocycles. The van der Waals surface area contributed by atoms with Crippen LogP contribution >= 0.6 is 0 Å². The van der Waals surface area contributed by atoms with Gasteiger partial charge in [-0.25, -0.2) is 0 Å². The molecule has 2 fully saturated rings. The molecule has 47 heavy (non-hydrogen) atoms. The maximum Gasteiger partial charge on any atom is 0.306 e. The summed E-state index contributed by atoms with van der Waals surface area (Å²) in [4.78, 5) is 64.8. The standard InChI is InChI=1S/C36H56O11/c1-11-14-25(39)45-24-18-35(9)23(17-20(6)30(42)32(43-21(7)37)33(35)47-27(41)16-13-3)29-28(19(4)5)31(46-26(40)15-12-2)34(36(24,29)10)44-22(8)38/h17,19,23-24,28-34,42H,11-16,18H2,1-10H3/t23-,24+,28-,29?,30+,31-,32+,33?,34?,35?,36?/m1/s1. The fourth-order valence-corrected chi connectivity index (χ4v) is 8.57. The molecule has 0 amide bonds. The molecule has 0 aliphatic heterocycles. The Morgan fingerprint density at radius 2 is 1.30 bits per heavy atom. The Balaban J connectivity index is 2.40. The van der Waals surface area contributed by atoms with Gasteiger partial charge in [0.1, 0.15) is 30.5 Å². The summed E-state index contributed by atoms with van der Waals surface area (Å²) in [6.07, 6.45) is -2.24. The maximum atomic E-state index is 13.3. The van der Waals surface area contributed by atoms with Crippen molar-refractivity contribution >= 4 is 29.8 Å². The molecule has 0 bridgehead atoms. The average molecular weight is 665 g/mol. The van der Waals surface area contributed by atoms with E-state index in [4.69, 9.17) is 23.7 Å². The van der Waals surface area contributed by atoms with Gasteiger partial charge in [-0.15, -0.1) is 0 Å². The van der Waals surface area contributed by atoms with Gasteiger partial charge in [-0.2, -0.15) is 0 Å². The van der Waals surface area contributed by atoms with Crippen LogP contribution in [-0.4, -0.2) is 71.6 Å². The number of fused-ring (bicyclic) bond motifs is 3. The zero-order valence-electron chi connectivity index (χ0n) is 29.8. The summed E-state index contributed by atoms with van der Waals surface area (Å²) in [7, 11) is 0. The summed E-state index contributed by atoms with van der Waals surface area (Å²) < 4.78 is 30.5. The van der Waals surface area contributed by atoms with Crippen molar-refractivity contribution in [2.24, 2.45) is 34.5 Å². The van der Waals surface area contributed by atoms with E-state index in [1.165, 1.54) is 13.8 Å². The quantitative estimate of drug-likeness (QED) is 0.166. The number of aliphatic hydroxyl groups excluding tert-OH is 1. The fraction of sp³-hybridized carbons (Fsp3) is 0.806. The minimum Gasteiger partial charge on any atom is -0.462 e. The van der Waals surface area contributed by atoms with E-state index in [0.717, 1.165) is 0 Å². The van der Waals surface area contributed by atoms with E-state index in [0.29, 0.717) is 24.8 Å². The van der Waals surface area contributed by atoms with E-state index in [1.807, 2.05) is 54.5 Å². The summed E-state index contributed by atoms with van der Waals surface area (Å²) in [6.45, 7) is 17.7. The van der Waals surface area contributed by atoms with E-state index >= 15 is 0 Å². The van der Waals surface area contributed by atoms with Crippen LogP contribution in [0.5, 0.6) is 0 Å². The lowest BCUT2D eigenvalue weighted by Gasteiger charge is -2.58. The molecule has 3 aliphatic rings. The van der Waals surface area contributed by atoms with Crippen LogP contribution < -0.4 is 0 Å². The number of carbonyl (C=O) groups excluding carboxylic acids is 5. The van der Waals surface area contributed by atoms with Crippen LogP contribution in [-0.2, 0) is 47.7 Å². The van der Waals surface area contributed by atoms with Crippen molar-refractivity contribution in [3.8, 4) is 0 Å². The molecule has 1 N–H and O–H groups in total. The largest absolute Gasteiger partial charge is 0.462 e. The zero-order valence-corrected chi connectivity index (χ0v) is 29.8. The second-order valence-corrected chi connectivity index (χ2v) is 14.5. The van der Waals surface area contributed by atoms with E-state index in [9.17, 15) is 29.1 Å². The molecule has 11 atom stereocenters. The highest BCUT2D eigenvalue weighted by Gasteiger charge is 2.74. The lowest BCUT2D eigenvalue weighted by atomic mass is 9.49. The van der Waals surface area contributed by atoms with E-state index in [2.05, 4.69) is 0 Å². The van der Waals surface area contributed by atoms with Gasteiger partial charge in [-0.3, -0.25) is 24.0 Å². The molecule has 0 aromatic carbocycles. The van der Waals surface area contributed by atoms with Crippen molar-refractivity contribution in [3.05, 3.63) is 11.6 Å². The first-order valence-corrected chi connectivity index (χ1v) is 17.3. The SMILES string of the molecule is CCCC(=O)OC1[C@@H](OC(C)=O)[C@@H](O)C(C)=C[C@@H]2C3[C@@H](C(C)C)[C@@H](OC(=O)CCC)C(OC(C)=O)C3(C)[C@@H](OC(=O)CCC)CC12C. The molecule has 0 heterocycles. The molecule has 0 radical (unpaired) electrons. The molecule has 0 saturated heterocycles.